The Balaban J connectivity index is 2.82. The van der Waals surface area contributed by atoms with Crippen LogP contribution >= 0.6 is 0 Å². The molecule has 0 aliphatic carbocycles. The van der Waals surface area contributed by atoms with Crippen LogP contribution in [0.1, 0.15) is 64.3 Å². The van der Waals surface area contributed by atoms with Crippen molar-refractivity contribution >= 4 is 0 Å². The summed E-state index contributed by atoms with van der Waals surface area (Å²) in [6, 6.07) is 0. The quantitative estimate of drug-likeness (QED) is 0.795. The van der Waals surface area contributed by atoms with Crippen LogP contribution in [0.3, 0.4) is 0 Å². The molecule has 0 aliphatic rings. The first-order valence-electron chi connectivity index (χ1n) is 6.27. The van der Waals surface area contributed by atoms with Crippen molar-refractivity contribution in [1.82, 2.24) is 10.1 Å². The fourth-order valence-electron chi connectivity index (χ4n) is 1.83. The van der Waals surface area contributed by atoms with Crippen molar-refractivity contribution < 1.29 is 14.4 Å². The van der Waals surface area contributed by atoms with Gasteiger partial charge in [0.15, 0.2) is 0 Å². The van der Waals surface area contributed by atoms with Crippen LogP contribution in [-0.2, 0) is 4.74 Å². The van der Waals surface area contributed by atoms with Crippen molar-refractivity contribution in [3.8, 4) is 0 Å². The van der Waals surface area contributed by atoms with Gasteiger partial charge in [0.1, 0.15) is 6.10 Å². The third-order valence-electron chi connectivity index (χ3n) is 2.82. The minimum absolute atomic E-state index is 0.101. The van der Waals surface area contributed by atoms with E-state index in [9.17, 15) is 5.11 Å². The lowest BCUT2D eigenvalue weighted by Gasteiger charge is -2.13. The van der Waals surface area contributed by atoms with Crippen molar-refractivity contribution in [3.05, 3.63) is 11.7 Å². The van der Waals surface area contributed by atoms with Gasteiger partial charge in [0.25, 0.3) is 0 Å². The predicted octanol–water partition coefficient (Wildman–Crippen LogP) is 2.43. The lowest BCUT2D eigenvalue weighted by Crippen LogP contribution is -2.14. The normalized spacial score (nSPS) is 16.8. The molecule has 0 aromatic carbocycles. The summed E-state index contributed by atoms with van der Waals surface area (Å²) in [6.45, 7) is 8.30. The number of hydrogen-bond acceptors (Lipinski definition) is 5. The number of aliphatic hydroxyl groups excluding tert-OH is 1. The molecule has 0 saturated carbocycles. The average molecular weight is 242 g/mol. The van der Waals surface area contributed by atoms with Gasteiger partial charge >= 0.3 is 0 Å². The first-order chi connectivity index (χ1) is 8.13. The summed E-state index contributed by atoms with van der Waals surface area (Å²) in [4.78, 5) is 4.33. The predicted molar refractivity (Wildman–Crippen MR) is 63.7 cm³/mol. The van der Waals surface area contributed by atoms with Gasteiger partial charge in [-0.15, -0.1) is 0 Å². The van der Waals surface area contributed by atoms with Crippen LogP contribution in [-0.4, -0.2) is 28.0 Å². The summed E-state index contributed by atoms with van der Waals surface area (Å²) < 4.78 is 10.7. The molecule has 0 amide bonds. The maximum atomic E-state index is 9.61. The van der Waals surface area contributed by atoms with Crippen LogP contribution in [0.15, 0.2) is 4.52 Å². The van der Waals surface area contributed by atoms with Crippen molar-refractivity contribution in [1.29, 1.82) is 0 Å². The van der Waals surface area contributed by atoms with Gasteiger partial charge < -0.3 is 14.4 Å². The lowest BCUT2D eigenvalue weighted by atomic mass is 10.0. The maximum absolute atomic E-state index is 9.61. The molecular formula is C12H22N2O3. The number of nitrogens with zero attached hydrogens (tertiary/aromatic N) is 2. The van der Waals surface area contributed by atoms with E-state index >= 15 is 0 Å². The van der Waals surface area contributed by atoms with Gasteiger partial charge in [-0.1, -0.05) is 19.0 Å². The summed E-state index contributed by atoms with van der Waals surface area (Å²) in [5, 5.41) is 13.5. The second kappa shape index (κ2) is 6.71. The van der Waals surface area contributed by atoms with Gasteiger partial charge in [0.2, 0.25) is 11.7 Å². The van der Waals surface area contributed by atoms with E-state index in [4.69, 9.17) is 9.26 Å². The van der Waals surface area contributed by atoms with Crippen LogP contribution < -0.4 is 0 Å². The summed E-state index contributed by atoms with van der Waals surface area (Å²) >= 11 is 0. The van der Waals surface area contributed by atoms with Crippen LogP contribution in [0.2, 0.25) is 0 Å². The Morgan fingerprint density at radius 2 is 2.00 bits per heavy atom. The number of rotatable bonds is 7. The SMILES string of the molecule is CCOC(CC)c1noc(C(CC)C(C)O)n1. The summed E-state index contributed by atoms with van der Waals surface area (Å²) in [5.74, 6) is 0.967. The second-order valence-corrected chi connectivity index (χ2v) is 4.10. The molecule has 0 aliphatic heterocycles. The molecule has 17 heavy (non-hydrogen) atoms. The van der Waals surface area contributed by atoms with Crippen molar-refractivity contribution in [2.24, 2.45) is 0 Å². The number of aromatic nitrogens is 2. The Hall–Kier alpha value is -0.940. The molecule has 1 rings (SSSR count). The molecule has 0 saturated heterocycles. The highest BCUT2D eigenvalue weighted by Crippen LogP contribution is 2.24. The maximum Gasteiger partial charge on any atom is 0.232 e. The molecular weight excluding hydrogens is 220 g/mol. The molecule has 1 aromatic rings. The molecule has 5 heteroatoms. The Labute approximate surface area is 102 Å². The fraction of sp³-hybridized carbons (Fsp3) is 0.833. The van der Waals surface area contributed by atoms with Gasteiger partial charge in [-0.3, -0.25) is 0 Å². The standard InChI is InChI=1S/C12H22N2O3/c1-5-9(8(4)15)12-13-11(14-17-12)10(6-2)16-7-3/h8-10,15H,5-7H2,1-4H3. The highest BCUT2D eigenvalue weighted by molar-refractivity contribution is 4.98. The van der Waals surface area contributed by atoms with E-state index in [0.29, 0.717) is 18.3 Å². The molecule has 1 heterocycles. The zero-order chi connectivity index (χ0) is 12.8. The van der Waals surface area contributed by atoms with E-state index in [1.54, 1.807) is 6.92 Å². The zero-order valence-corrected chi connectivity index (χ0v) is 11.0. The number of hydrogen-bond donors (Lipinski definition) is 1. The van der Waals surface area contributed by atoms with Crippen molar-refractivity contribution in [2.45, 2.75) is 58.7 Å². The smallest absolute Gasteiger partial charge is 0.232 e. The molecule has 0 radical (unpaired) electrons. The second-order valence-electron chi connectivity index (χ2n) is 4.10. The van der Waals surface area contributed by atoms with Crippen LogP contribution in [0.5, 0.6) is 0 Å². The van der Waals surface area contributed by atoms with Crippen LogP contribution in [0, 0.1) is 0 Å². The van der Waals surface area contributed by atoms with Gasteiger partial charge in [-0.05, 0) is 26.7 Å². The molecule has 1 aromatic heterocycles. The summed E-state index contributed by atoms with van der Waals surface area (Å²) in [5.41, 5.74) is 0. The van der Waals surface area contributed by atoms with Gasteiger partial charge in [0, 0.05) is 6.61 Å². The molecule has 0 spiro atoms. The fourth-order valence-corrected chi connectivity index (χ4v) is 1.83. The zero-order valence-electron chi connectivity index (χ0n) is 11.0. The molecule has 3 unspecified atom stereocenters. The van der Waals surface area contributed by atoms with Crippen molar-refractivity contribution in [2.75, 3.05) is 6.61 Å². The first-order valence-corrected chi connectivity index (χ1v) is 6.27. The molecule has 5 nitrogen and oxygen atoms in total. The minimum Gasteiger partial charge on any atom is -0.393 e. The highest BCUT2D eigenvalue weighted by Gasteiger charge is 2.24. The molecule has 0 fully saturated rings. The van der Waals surface area contributed by atoms with E-state index < -0.39 is 6.10 Å². The van der Waals surface area contributed by atoms with Crippen LogP contribution in [0.4, 0.5) is 0 Å². The van der Waals surface area contributed by atoms with E-state index in [-0.39, 0.29) is 12.0 Å². The molecule has 0 bridgehead atoms. The highest BCUT2D eigenvalue weighted by atomic mass is 16.5. The monoisotopic (exact) mass is 242 g/mol. The van der Waals surface area contributed by atoms with Crippen molar-refractivity contribution in [3.63, 3.8) is 0 Å². The van der Waals surface area contributed by atoms with Gasteiger partial charge in [-0.2, -0.15) is 4.98 Å². The Kier molecular flexibility index (Phi) is 5.58. The topological polar surface area (TPSA) is 68.4 Å². The number of ether oxygens (including phenoxy) is 1. The van der Waals surface area contributed by atoms with Crippen LogP contribution in [0.25, 0.3) is 0 Å². The third kappa shape index (κ3) is 3.51. The molecule has 3 atom stereocenters. The lowest BCUT2D eigenvalue weighted by molar-refractivity contribution is 0.0518. The van der Waals surface area contributed by atoms with E-state index in [1.165, 1.54) is 0 Å². The minimum atomic E-state index is -0.486. The summed E-state index contributed by atoms with van der Waals surface area (Å²) in [6.07, 6.45) is 0.965. The first kappa shape index (κ1) is 14.1. The largest absolute Gasteiger partial charge is 0.393 e. The Morgan fingerprint density at radius 1 is 1.29 bits per heavy atom. The average Bonchev–Trinajstić information content (AvgIpc) is 2.75. The Morgan fingerprint density at radius 3 is 2.47 bits per heavy atom. The molecule has 1 N–H and O–H groups in total. The number of aliphatic hydroxyl groups is 1. The third-order valence-corrected chi connectivity index (χ3v) is 2.82. The summed E-state index contributed by atoms with van der Waals surface area (Å²) in [7, 11) is 0. The van der Waals surface area contributed by atoms with E-state index in [2.05, 4.69) is 10.1 Å². The molecule has 98 valence electrons. The van der Waals surface area contributed by atoms with Gasteiger partial charge in [-0.25, -0.2) is 0 Å². The van der Waals surface area contributed by atoms with Gasteiger partial charge in [0.05, 0.1) is 12.0 Å². The van der Waals surface area contributed by atoms with E-state index in [1.807, 2.05) is 20.8 Å². The Bertz CT molecular complexity index is 325. The van der Waals surface area contributed by atoms with E-state index in [0.717, 1.165) is 12.8 Å².